The van der Waals surface area contributed by atoms with E-state index < -0.39 is 11.7 Å². The summed E-state index contributed by atoms with van der Waals surface area (Å²) in [6.07, 6.45) is -0.711. The lowest BCUT2D eigenvalue weighted by Crippen LogP contribution is -2.24. The van der Waals surface area contributed by atoms with Crippen LogP contribution in [0.2, 0.25) is 0 Å². The molecule has 0 N–H and O–H groups in total. The van der Waals surface area contributed by atoms with Crippen molar-refractivity contribution < 1.29 is 17.6 Å². The van der Waals surface area contributed by atoms with E-state index in [1.165, 1.54) is 18.5 Å². The van der Waals surface area contributed by atoms with Crippen LogP contribution >= 0.6 is 11.8 Å². The molecule has 2 aliphatic rings. The highest BCUT2D eigenvalue weighted by Gasteiger charge is 2.57. The Labute approximate surface area is 188 Å². The minimum absolute atomic E-state index is 0.228. The number of oxazole rings is 1. The molecule has 1 aromatic carbocycles. The predicted octanol–water partition coefficient (Wildman–Crippen LogP) is 4.77. The number of alkyl halides is 3. The smallest absolute Gasteiger partial charge is 0.416 e. The molecule has 0 radical (unpaired) electrons. The number of hydrogen-bond donors (Lipinski definition) is 0. The number of rotatable bonds is 6. The summed E-state index contributed by atoms with van der Waals surface area (Å²) in [6, 6.07) is 5.73. The maximum absolute atomic E-state index is 12.8. The summed E-state index contributed by atoms with van der Waals surface area (Å²) < 4.78 is 45.8. The molecule has 170 valence electrons. The molecular formula is C22H24F3N5OS. The van der Waals surface area contributed by atoms with Gasteiger partial charge in [-0.3, -0.25) is 0 Å². The molecule has 2 aromatic heterocycles. The zero-order valence-electron chi connectivity index (χ0n) is 17.9. The predicted molar refractivity (Wildman–Crippen MR) is 114 cm³/mol. The number of likely N-dealkylation sites (tertiary alicyclic amines) is 1. The van der Waals surface area contributed by atoms with Crippen molar-refractivity contribution in [2.75, 3.05) is 25.4 Å². The molecule has 2 fully saturated rings. The highest BCUT2D eigenvalue weighted by Crippen LogP contribution is 2.64. The van der Waals surface area contributed by atoms with E-state index in [9.17, 15) is 13.2 Å². The van der Waals surface area contributed by atoms with Gasteiger partial charge in [0, 0.05) is 25.9 Å². The Hall–Kier alpha value is -2.33. The van der Waals surface area contributed by atoms with Crippen LogP contribution in [0.25, 0.3) is 11.6 Å². The lowest BCUT2D eigenvalue weighted by Gasteiger charge is -2.16. The monoisotopic (exact) mass is 463 g/mol. The van der Waals surface area contributed by atoms with Crippen molar-refractivity contribution in [1.82, 2.24) is 24.6 Å². The molecular weight excluding hydrogens is 439 g/mol. The molecule has 1 aliphatic heterocycles. The molecule has 2 unspecified atom stereocenters. The summed E-state index contributed by atoms with van der Waals surface area (Å²) in [6.45, 7) is 4.84. The first-order valence-corrected chi connectivity index (χ1v) is 11.6. The van der Waals surface area contributed by atoms with Gasteiger partial charge in [-0.1, -0.05) is 23.9 Å². The Balaban J connectivity index is 1.14. The van der Waals surface area contributed by atoms with Crippen molar-refractivity contribution in [2.24, 2.45) is 12.5 Å². The van der Waals surface area contributed by atoms with Crippen LogP contribution in [0.4, 0.5) is 13.2 Å². The van der Waals surface area contributed by atoms with Crippen LogP contribution in [-0.4, -0.2) is 50.0 Å². The molecule has 32 heavy (non-hydrogen) atoms. The molecule has 3 heterocycles. The van der Waals surface area contributed by atoms with Gasteiger partial charge in [-0.15, -0.1) is 10.2 Å². The zero-order valence-corrected chi connectivity index (χ0v) is 18.7. The molecule has 1 saturated carbocycles. The van der Waals surface area contributed by atoms with Crippen molar-refractivity contribution in [3.05, 3.63) is 47.5 Å². The van der Waals surface area contributed by atoms with Gasteiger partial charge < -0.3 is 13.9 Å². The molecule has 0 amide bonds. The summed E-state index contributed by atoms with van der Waals surface area (Å²) >= 11 is 1.66. The maximum Gasteiger partial charge on any atom is 0.416 e. The fraction of sp³-hybridized carbons (Fsp3) is 0.500. The fourth-order valence-corrected chi connectivity index (χ4v) is 5.68. The highest BCUT2D eigenvalue weighted by molar-refractivity contribution is 7.99. The Morgan fingerprint density at radius 3 is 2.69 bits per heavy atom. The van der Waals surface area contributed by atoms with Gasteiger partial charge in [0.1, 0.15) is 0 Å². The SMILES string of the molecule is Cc1ncoc1-c1nnc(SCCN2CCC3(CC3c3ccc(C(F)(F)F)cc3)C2)n1C. The third kappa shape index (κ3) is 3.94. The summed E-state index contributed by atoms with van der Waals surface area (Å²) in [5.74, 6) is 2.56. The van der Waals surface area contributed by atoms with Crippen molar-refractivity contribution in [3.8, 4) is 11.6 Å². The van der Waals surface area contributed by atoms with E-state index >= 15 is 0 Å². The third-order valence-corrected chi connectivity index (χ3v) is 7.72. The third-order valence-electron chi connectivity index (χ3n) is 6.72. The molecule has 6 nitrogen and oxygen atoms in total. The quantitative estimate of drug-likeness (QED) is 0.491. The minimum atomic E-state index is -4.28. The van der Waals surface area contributed by atoms with Gasteiger partial charge in [0.15, 0.2) is 17.3 Å². The van der Waals surface area contributed by atoms with Crippen molar-refractivity contribution in [2.45, 2.75) is 37.0 Å². The first-order valence-electron chi connectivity index (χ1n) is 10.6. The van der Waals surface area contributed by atoms with E-state index in [0.29, 0.717) is 17.5 Å². The van der Waals surface area contributed by atoms with Crippen LogP contribution < -0.4 is 0 Å². The van der Waals surface area contributed by atoms with E-state index in [0.717, 1.165) is 54.6 Å². The van der Waals surface area contributed by atoms with E-state index in [-0.39, 0.29) is 5.41 Å². The van der Waals surface area contributed by atoms with Gasteiger partial charge in [-0.2, -0.15) is 13.2 Å². The first-order chi connectivity index (χ1) is 15.3. The Bertz CT molecular complexity index is 1110. The molecule has 0 bridgehead atoms. The van der Waals surface area contributed by atoms with E-state index in [2.05, 4.69) is 20.1 Å². The standard InChI is InChI=1S/C22H24F3N5OS/c1-14-18(31-13-26-14)19-27-28-20(29(19)2)32-10-9-30-8-7-21(12-30)11-17(21)15-3-5-16(6-4-15)22(23,24)25/h3-6,13,17H,7-12H2,1-2H3. The number of aromatic nitrogens is 4. The van der Waals surface area contributed by atoms with E-state index in [1.54, 1.807) is 23.9 Å². The van der Waals surface area contributed by atoms with Crippen LogP contribution in [0.1, 0.15) is 35.6 Å². The van der Waals surface area contributed by atoms with Crippen LogP contribution in [0.3, 0.4) is 0 Å². The number of aryl methyl sites for hydroxylation is 1. The van der Waals surface area contributed by atoms with Crippen LogP contribution in [0, 0.1) is 12.3 Å². The summed E-state index contributed by atoms with van der Waals surface area (Å²) in [5, 5.41) is 9.36. The minimum Gasteiger partial charge on any atom is -0.440 e. The largest absolute Gasteiger partial charge is 0.440 e. The van der Waals surface area contributed by atoms with Gasteiger partial charge in [0.25, 0.3) is 0 Å². The summed E-state index contributed by atoms with van der Waals surface area (Å²) in [4.78, 5) is 6.56. The Morgan fingerprint density at radius 2 is 2.00 bits per heavy atom. The van der Waals surface area contributed by atoms with Crippen molar-refractivity contribution in [1.29, 1.82) is 0 Å². The van der Waals surface area contributed by atoms with Gasteiger partial charge in [-0.05, 0) is 55.3 Å². The Kier molecular flexibility index (Phi) is 5.32. The number of benzene rings is 1. The van der Waals surface area contributed by atoms with Crippen LogP contribution in [0.15, 0.2) is 40.2 Å². The van der Waals surface area contributed by atoms with Gasteiger partial charge >= 0.3 is 6.18 Å². The van der Waals surface area contributed by atoms with Crippen molar-refractivity contribution in [3.63, 3.8) is 0 Å². The van der Waals surface area contributed by atoms with Crippen LogP contribution in [-0.2, 0) is 13.2 Å². The van der Waals surface area contributed by atoms with E-state index in [4.69, 9.17) is 4.42 Å². The van der Waals surface area contributed by atoms with Gasteiger partial charge in [0.2, 0.25) is 5.82 Å². The lowest BCUT2D eigenvalue weighted by atomic mass is 9.97. The second kappa shape index (κ2) is 7.91. The number of thioether (sulfide) groups is 1. The molecule has 1 aliphatic carbocycles. The average Bonchev–Trinajstić information content (AvgIpc) is 3.02. The van der Waals surface area contributed by atoms with Gasteiger partial charge in [0.05, 0.1) is 11.3 Å². The molecule has 10 heteroatoms. The molecule has 2 atom stereocenters. The second-order valence-corrected chi connectivity index (χ2v) is 9.81. The maximum atomic E-state index is 12.8. The summed E-state index contributed by atoms with van der Waals surface area (Å²) in [5.41, 5.74) is 1.47. The zero-order chi connectivity index (χ0) is 22.5. The topological polar surface area (TPSA) is 60.0 Å². The lowest BCUT2D eigenvalue weighted by molar-refractivity contribution is -0.137. The molecule has 3 aromatic rings. The van der Waals surface area contributed by atoms with Gasteiger partial charge in [-0.25, -0.2) is 4.98 Å². The fourth-order valence-electron chi connectivity index (χ4n) is 4.77. The number of nitrogens with zero attached hydrogens (tertiary/aromatic N) is 5. The highest BCUT2D eigenvalue weighted by atomic mass is 32.2. The average molecular weight is 464 g/mol. The number of hydrogen-bond acceptors (Lipinski definition) is 6. The Morgan fingerprint density at radius 1 is 1.22 bits per heavy atom. The molecule has 5 rings (SSSR count). The van der Waals surface area contributed by atoms with Crippen molar-refractivity contribution >= 4 is 11.8 Å². The second-order valence-electron chi connectivity index (χ2n) is 8.75. The summed E-state index contributed by atoms with van der Waals surface area (Å²) in [7, 11) is 1.92. The van der Waals surface area contributed by atoms with E-state index in [1.807, 2.05) is 18.5 Å². The first kappa shape index (κ1) is 21.5. The normalized spacial score (nSPS) is 23.3. The van der Waals surface area contributed by atoms with Crippen LogP contribution in [0.5, 0.6) is 0 Å². The molecule has 1 saturated heterocycles. The number of halogens is 3. The molecule has 1 spiro atoms.